The first-order valence-electron chi connectivity index (χ1n) is 8.14. The molecule has 0 radical (unpaired) electrons. The fraction of sp³-hybridized carbons (Fsp3) is 0.600. The van der Waals surface area contributed by atoms with Crippen LogP contribution in [0.1, 0.15) is 19.0 Å². The van der Waals surface area contributed by atoms with Gasteiger partial charge in [-0.2, -0.15) is 0 Å². The number of carbonyl (C=O) groups is 3. The van der Waals surface area contributed by atoms with Gasteiger partial charge < -0.3 is 20.7 Å². The molecule has 3 amide bonds. The van der Waals surface area contributed by atoms with Crippen LogP contribution < -0.4 is 11.1 Å². The molecule has 2 heterocycles. The van der Waals surface area contributed by atoms with Crippen molar-refractivity contribution >= 4 is 34.4 Å². The van der Waals surface area contributed by atoms with Crippen LogP contribution in [0.25, 0.3) is 0 Å². The highest BCUT2D eigenvalue weighted by Gasteiger charge is 2.19. The molecule has 0 unspecified atom stereocenters. The summed E-state index contributed by atoms with van der Waals surface area (Å²) in [6.45, 7) is 4.75. The first kappa shape index (κ1) is 19.1. The Morgan fingerprint density at radius 3 is 2.84 bits per heavy atom. The summed E-state index contributed by atoms with van der Waals surface area (Å²) in [5.74, 6) is -0.515. The van der Waals surface area contributed by atoms with E-state index in [1.54, 1.807) is 17.2 Å². The minimum Gasteiger partial charge on any atom is -0.466 e. The fourth-order valence-corrected chi connectivity index (χ4v) is 3.24. The predicted octanol–water partition coefficient (Wildman–Crippen LogP) is 0.274. The number of hydrogen-bond acceptors (Lipinski definition) is 7. The van der Waals surface area contributed by atoms with Crippen molar-refractivity contribution in [1.29, 1.82) is 0 Å². The largest absolute Gasteiger partial charge is 0.466 e. The van der Waals surface area contributed by atoms with Crippen molar-refractivity contribution in [2.24, 2.45) is 5.73 Å². The summed E-state index contributed by atoms with van der Waals surface area (Å²) in [7, 11) is 0. The van der Waals surface area contributed by atoms with Crippen LogP contribution in [0.5, 0.6) is 0 Å². The standard InChI is InChI=1S/C15H23N5O4S/c1-2-24-13(22)8-11-10-25-15(17-11)18-12(21)9-19-4-3-5-20(7-6-19)14(16)23/h10H,2-9H2,1H3,(H2,16,23)(H,17,18,21). The van der Waals surface area contributed by atoms with E-state index in [-0.39, 0.29) is 24.8 Å². The summed E-state index contributed by atoms with van der Waals surface area (Å²) in [5.41, 5.74) is 5.87. The van der Waals surface area contributed by atoms with Gasteiger partial charge in [-0.3, -0.25) is 14.5 Å². The molecule has 0 bridgehead atoms. The van der Waals surface area contributed by atoms with Gasteiger partial charge in [0.05, 0.1) is 25.3 Å². The zero-order chi connectivity index (χ0) is 18.2. The topological polar surface area (TPSA) is 118 Å². The average molecular weight is 369 g/mol. The van der Waals surface area contributed by atoms with E-state index in [0.29, 0.717) is 37.1 Å². The molecule has 1 aliphatic heterocycles. The number of nitrogens with zero attached hydrogens (tertiary/aromatic N) is 3. The zero-order valence-electron chi connectivity index (χ0n) is 14.2. The quantitative estimate of drug-likeness (QED) is 0.695. The normalized spacial score (nSPS) is 15.5. The van der Waals surface area contributed by atoms with Crippen LogP contribution >= 0.6 is 11.3 Å². The third-order valence-electron chi connectivity index (χ3n) is 3.70. The molecule has 0 spiro atoms. The molecule has 1 saturated heterocycles. The third kappa shape index (κ3) is 6.31. The number of hydrogen-bond donors (Lipinski definition) is 2. The molecule has 138 valence electrons. The Morgan fingerprint density at radius 2 is 2.12 bits per heavy atom. The zero-order valence-corrected chi connectivity index (χ0v) is 15.0. The second-order valence-electron chi connectivity index (χ2n) is 5.63. The van der Waals surface area contributed by atoms with Crippen molar-refractivity contribution in [2.45, 2.75) is 19.8 Å². The number of nitrogens with two attached hydrogens (primary N) is 1. The number of esters is 1. The van der Waals surface area contributed by atoms with Gasteiger partial charge in [-0.25, -0.2) is 9.78 Å². The maximum Gasteiger partial charge on any atom is 0.314 e. The monoisotopic (exact) mass is 369 g/mol. The van der Waals surface area contributed by atoms with Crippen molar-refractivity contribution in [3.05, 3.63) is 11.1 Å². The highest BCUT2D eigenvalue weighted by molar-refractivity contribution is 7.13. The molecule has 1 aromatic heterocycles. The molecule has 0 saturated carbocycles. The van der Waals surface area contributed by atoms with Crippen molar-refractivity contribution in [1.82, 2.24) is 14.8 Å². The van der Waals surface area contributed by atoms with E-state index in [4.69, 9.17) is 10.5 Å². The van der Waals surface area contributed by atoms with Gasteiger partial charge in [0.25, 0.3) is 0 Å². The number of thiazole rings is 1. The SMILES string of the molecule is CCOC(=O)Cc1csc(NC(=O)CN2CCCN(C(N)=O)CC2)n1. The summed E-state index contributed by atoms with van der Waals surface area (Å²) in [6.07, 6.45) is 0.868. The number of ether oxygens (including phenoxy) is 1. The summed E-state index contributed by atoms with van der Waals surface area (Å²) in [6, 6.07) is -0.428. The smallest absolute Gasteiger partial charge is 0.314 e. The molecule has 25 heavy (non-hydrogen) atoms. The van der Waals surface area contributed by atoms with Crippen LogP contribution in [0.3, 0.4) is 0 Å². The van der Waals surface area contributed by atoms with Crippen LogP contribution in [0.4, 0.5) is 9.93 Å². The van der Waals surface area contributed by atoms with Crippen LogP contribution in [0, 0.1) is 0 Å². The van der Waals surface area contributed by atoms with Gasteiger partial charge in [-0.1, -0.05) is 0 Å². The lowest BCUT2D eigenvalue weighted by atomic mass is 10.3. The molecule has 0 atom stereocenters. The van der Waals surface area contributed by atoms with Crippen LogP contribution in [-0.2, 0) is 20.7 Å². The van der Waals surface area contributed by atoms with Crippen LogP contribution in [0.15, 0.2) is 5.38 Å². The summed E-state index contributed by atoms with van der Waals surface area (Å²) in [5, 5.41) is 4.92. The molecule has 2 rings (SSSR count). The second kappa shape index (κ2) is 9.33. The summed E-state index contributed by atoms with van der Waals surface area (Å²) >= 11 is 1.27. The fourth-order valence-electron chi connectivity index (χ4n) is 2.52. The number of urea groups is 1. The Balaban J connectivity index is 1.79. The Morgan fingerprint density at radius 1 is 1.32 bits per heavy atom. The maximum absolute atomic E-state index is 12.2. The molecule has 1 fully saturated rings. The number of aromatic nitrogens is 1. The van der Waals surface area contributed by atoms with E-state index < -0.39 is 6.03 Å². The van der Waals surface area contributed by atoms with Gasteiger partial charge >= 0.3 is 12.0 Å². The molecule has 10 heteroatoms. The number of primary amides is 1. The lowest BCUT2D eigenvalue weighted by Gasteiger charge is -2.19. The Bertz CT molecular complexity index is 621. The molecular formula is C15H23N5O4S. The minimum atomic E-state index is -0.428. The van der Waals surface area contributed by atoms with Crippen molar-refractivity contribution in [3.8, 4) is 0 Å². The number of nitrogens with one attached hydrogen (secondary N) is 1. The van der Waals surface area contributed by atoms with E-state index in [2.05, 4.69) is 10.3 Å². The average Bonchev–Trinajstić information content (AvgIpc) is 2.82. The van der Waals surface area contributed by atoms with Crippen LogP contribution in [-0.4, -0.2) is 72.0 Å². The van der Waals surface area contributed by atoms with Gasteiger partial charge in [-0.05, 0) is 13.3 Å². The van der Waals surface area contributed by atoms with Gasteiger partial charge in [0.1, 0.15) is 0 Å². The van der Waals surface area contributed by atoms with E-state index >= 15 is 0 Å². The molecule has 0 aromatic carbocycles. The molecule has 1 aliphatic rings. The van der Waals surface area contributed by atoms with Crippen molar-refractivity contribution in [2.75, 3.05) is 44.6 Å². The third-order valence-corrected chi connectivity index (χ3v) is 4.50. The van der Waals surface area contributed by atoms with Gasteiger partial charge in [-0.15, -0.1) is 11.3 Å². The van der Waals surface area contributed by atoms with Gasteiger partial charge in [0.15, 0.2) is 5.13 Å². The molecule has 3 N–H and O–H groups in total. The molecular weight excluding hydrogens is 346 g/mol. The Labute approximate surface area is 150 Å². The Kier molecular flexibility index (Phi) is 7.14. The lowest BCUT2D eigenvalue weighted by molar-refractivity contribution is -0.142. The minimum absolute atomic E-state index is 0.0925. The van der Waals surface area contributed by atoms with E-state index in [0.717, 1.165) is 13.0 Å². The Hall–Kier alpha value is -2.20. The first-order valence-corrected chi connectivity index (χ1v) is 9.02. The van der Waals surface area contributed by atoms with E-state index in [1.165, 1.54) is 11.3 Å². The number of rotatable bonds is 6. The van der Waals surface area contributed by atoms with Crippen molar-refractivity contribution < 1.29 is 19.1 Å². The van der Waals surface area contributed by atoms with Gasteiger partial charge in [0.2, 0.25) is 5.91 Å². The molecule has 0 aliphatic carbocycles. The number of carbonyl (C=O) groups excluding carboxylic acids is 3. The lowest BCUT2D eigenvalue weighted by Crippen LogP contribution is -2.40. The maximum atomic E-state index is 12.2. The first-order chi connectivity index (χ1) is 12.0. The number of anilines is 1. The predicted molar refractivity (Wildman–Crippen MR) is 93.3 cm³/mol. The second-order valence-corrected chi connectivity index (χ2v) is 6.49. The van der Waals surface area contributed by atoms with Crippen molar-refractivity contribution in [3.63, 3.8) is 0 Å². The van der Waals surface area contributed by atoms with Crippen LogP contribution in [0.2, 0.25) is 0 Å². The number of amides is 3. The summed E-state index contributed by atoms with van der Waals surface area (Å²) < 4.78 is 4.87. The van der Waals surface area contributed by atoms with E-state index in [9.17, 15) is 14.4 Å². The molecule has 1 aromatic rings. The molecule has 9 nitrogen and oxygen atoms in total. The highest BCUT2D eigenvalue weighted by atomic mass is 32.1. The van der Waals surface area contributed by atoms with Gasteiger partial charge in [0, 0.05) is 31.6 Å². The highest BCUT2D eigenvalue weighted by Crippen LogP contribution is 2.16. The van der Waals surface area contributed by atoms with E-state index in [1.807, 2.05) is 4.90 Å². The summed E-state index contributed by atoms with van der Waals surface area (Å²) in [4.78, 5) is 42.6.